The van der Waals surface area contributed by atoms with Crippen molar-refractivity contribution >= 4 is 44.8 Å². The lowest BCUT2D eigenvalue weighted by atomic mass is 10.1. The lowest BCUT2D eigenvalue weighted by Crippen LogP contribution is -2.06. The van der Waals surface area contributed by atoms with Crippen LogP contribution in [-0.4, -0.2) is 15.9 Å². The first-order chi connectivity index (χ1) is 11.0. The van der Waals surface area contributed by atoms with E-state index in [2.05, 4.69) is 4.98 Å². The highest BCUT2D eigenvalue weighted by atomic mass is 35.5. The van der Waals surface area contributed by atoms with Crippen molar-refractivity contribution in [3.05, 3.63) is 68.2 Å². The molecule has 0 aliphatic carbocycles. The van der Waals surface area contributed by atoms with E-state index in [0.717, 1.165) is 11.3 Å². The van der Waals surface area contributed by atoms with Crippen LogP contribution < -0.4 is 0 Å². The molecule has 0 atom stereocenters. The van der Waals surface area contributed by atoms with Gasteiger partial charge in [0.1, 0.15) is 11.8 Å². The minimum absolute atomic E-state index is 0.00783. The Bertz CT molecular complexity index is 909. The number of pyridine rings is 1. The zero-order chi connectivity index (χ0) is 16.4. The van der Waals surface area contributed by atoms with Crippen molar-refractivity contribution in [2.24, 2.45) is 0 Å². The molecule has 2 heterocycles. The van der Waals surface area contributed by atoms with Crippen LogP contribution in [0.5, 0.6) is 0 Å². The number of ether oxygens (including phenoxy) is 1. The normalized spacial score (nSPS) is 10.7. The van der Waals surface area contributed by atoms with Gasteiger partial charge in [0.2, 0.25) is 0 Å². The highest BCUT2D eigenvalue weighted by Crippen LogP contribution is 2.25. The van der Waals surface area contributed by atoms with Crippen LogP contribution in [0.25, 0.3) is 10.9 Å². The molecule has 0 bridgehead atoms. The lowest BCUT2D eigenvalue weighted by Gasteiger charge is -2.07. The summed E-state index contributed by atoms with van der Waals surface area (Å²) in [7, 11) is 0. The molecule has 116 valence electrons. The third-order valence-electron chi connectivity index (χ3n) is 3.09. The van der Waals surface area contributed by atoms with Gasteiger partial charge in [-0.15, -0.1) is 0 Å². The van der Waals surface area contributed by atoms with Crippen molar-refractivity contribution in [1.82, 2.24) is 4.98 Å². The lowest BCUT2D eigenvalue weighted by molar-refractivity contribution is -0.380. The number of halogens is 1. The number of hydrogen-bond donors (Lipinski definition) is 0. The molecule has 23 heavy (non-hydrogen) atoms. The van der Waals surface area contributed by atoms with Crippen molar-refractivity contribution < 1.29 is 14.5 Å². The van der Waals surface area contributed by atoms with Gasteiger partial charge in [0.25, 0.3) is 0 Å². The summed E-state index contributed by atoms with van der Waals surface area (Å²) in [5.41, 5.74) is 1.47. The molecular formula is C15H9ClN2O4S. The number of nitrogens with zero attached hydrogens (tertiary/aromatic N) is 2. The van der Waals surface area contributed by atoms with Gasteiger partial charge in [-0.1, -0.05) is 41.1 Å². The van der Waals surface area contributed by atoms with E-state index in [1.807, 2.05) is 0 Å². The predicted octanol–water partition coefficient (Wildman–Crippen LogP) is 4.21. The predicted molar refractivity (Wildman–Crippen MR) is 86.8 cm³/mol. The molecule has 0 unspecified atom stereocenters. The second-order valence-corrected chi connectivity index (χ2v) is 5.91. The number of esters is 1. The Kier molecular flexibility index (Phi) is 4.22. The molecule has 0 N–H and O–H groups in total. The van der Waals surface area contributed by atoms with E-state index in [1.165, 1.54) is 12.1 Å². The third kappa shape index (κ3) is 3.30. The summed E-state index contributed by atoms with van der Waals surface area (Å²) in [6.07, 6.45) is 0. The fourth-order valence-electron chi connectivity index (χ4n) is 2.07. The third-order valence-corrected chi connectivity index (χ3v) is 4.22. The number of hydrogen-bond acceptors (Lipinski definition) is 6. The van der Waals surface area contributed by atoms with Gasteiger partial charge in [-0.2, -0.15) is 0 Å². The number of carbonyl (C=O) groups excluding carboxylic acids is 1. The molecule has 1 aromatic carbocycles. The van der Waals surface area contributed by atoms with E-state index in [9.17, 15) is 14.9 Å². The van der Waals surface area contributed by atoms with Gasteiger partial charge in [-0.25, -0.2) is 9.78 Å². The van der Waals surface area contributed by atoms with Crippen molar-refractivity contribution in [1.29, 1.82) is 0 Å². The Balaban J connectivity index is 1.82. The maximum absolute atomic E-state index is 12.3. The molecule has 0 amide bonds. The molecule has 0 saturated carbocycles. The Morgan fingerprint density at radius 1 is 1.35 bits per heavy atom. The van der Waals surface area contributed by atoms with E-state index in [4.69, 9.17) is 16.3 Å². The quantitative estimate of drug-likeness (QED) is 0.305. The molecular weight excluding hydrogens is 340 g/mol. The minimum Gasteiger partial charge on any atom is -0.457 e. The molecule has 0 spiro atoms. The van der Waals surface area contributed by atoms with Crippen LogP contribution in [-0.2, 0) is 11.3 Å². The summed E-state index contributed by atoms with van der Waals surface area (Å²) in [5, 5.41) is 13.1. The average molecular weight is 349 g/mol. The van der Waals surface area contributed by atoms with Crippen LogP contribution in [0, 0.1) is 10.1 Å². The molecule has 0 radical (unpaired) electrons. The number of benzene rings is 1. The van der Waals surface area contributed by atoms with E-state index in [0.29, 0.717) is 22.0 Å². The zero-order valence-electron chi connectivity index (χ0n) is 11.6. The van der Waals surface area contributed by atoms with Crippen LogP contribution in [0.4, 0.5) is 5.00 Å². The fraction of sp³-hybridized carbons (Fsp3) is 0.0667. The van der Waals surface area contributed by atoms with Crippen LogP contribution >= 0.6 is 22.9 Å². The van der Waals surface area contributed by atoms with Gasteiger partial charge >= 0.3 is 11.0 Å². The van der Waals surface area contributed by atoms with Gasteiger partial charge in [-0.3, -0.25) is 10.1 Å². The smallest absolute Gasteiger partial charge is 0.339 e. The van der Waals surface area contributed by atoms with Gasteiger partial charge in [0, 0.05) is 22.4 Å². The number of para-hydroxylation sites is 1. The molecule has 3 aromatic rings. The molecule has 3 rings (SSSR count). The average Bonchev–Trinajstić information content (AvgIpc) is 3.01. The second-order valence-electron chi connectivity index (χ2n) is 4.64. The SMILES string of the molecule is O=C(OCc1csc([N+](=O)[O-])c1)c1cc(Cl)nc2ccccc12. The molecule has 0 fully saturated rings. The Hall–Kier alpha value is -2.51. The molecule has 0 aliphatic rings. The Morgan fingerprint density at radius 2 is 2.13 bits per heavy atom. The molecule has 2 aromatic heterocycles. The summed E-state index contributed by atoms with van der Waals surface area (Å²) >= 11 is 6.92. The second kappa shape index (κ2) is 6.31. The largest absolute Gasteiger partial charge is 0.457 e. The fourth-order valence-corrected chi connectivity index (χ4v) is 2.99. The van der Waals surface area contributed by atoms with Crippen molar-refractivity contribution in [3.63, 3.8) is 0 Å². The zero-order valence-corrected chi connectivity index (χ0v) is 13.1. The van der Waals surface area contributed by atoms with Crippen molar-refractivity contribution in [3.8, 4) is 0 Å². The highest BCUT2D eigenvalue weighted by Gasteiger charge is 2.15. The first-order valence-corrected chi connectivity index (χ1v) is 7.74. The Morgan fingerprint density at radius 3 is 2.87 bits per heavy atom. The molecule has 0 aliphatic heterocycles. The first-order valence-electron chi connectivity index (χ1n) is 6.49. The van der Waals surface area contributed by atoms with Gasteiger partial charge < -0.3 is 4.74 Å². The molecule has 8 heteroatoms. The van der Waals surface area contributed by atoms with Crippen LogP contribution in [0.3, 0.4) is 0 Å². The van der Waals surface area contributed by atoms with E-state index in [1.54, 1.807) is 29.6 Å². The maximum Gasteiger partial charge on any atom is 0.339 e. The van der Waals surface area contributed by atoms with Gasteiger partial charge in [-0.05, 0) is 12.1 Å². The maximum atomic E-state index is 12.3. The summed E-state index contributed by atoms with van der Waals surface area (Å²) in [6, 6.07) is 9.92. The van der Waals surface area contributed by atoms with Gasteiger partial charge in [0.05, 0.1) is 16.0 Å². The summed E-state index contributed by atoms with van der Waals surface area (Å²) in [4.78, 5) is 26.6. The number of rotatable bonds is 4. The number of nitro groups is 1. The minimum atomic E-state index is -0.556. The van der Waals surface area contributed by atoms with Crippen molar-refractivity contribution in [2.45, 2.75) is 6.61 Å². The van der Waals surface area contributed by atoms with Crippen LogP contribution in [0.1, 0.15) is 15.9 Å². The van der Waals surface area contributed by atoms with E-state index >= 15 is 0 Å². The van der Waals surface area contributed by atoms with Crippen LogP contribution in [0.15, 0.2) is 41.8 Å². The first kappa shape index (κ1) is 15.4. The summed E-state index contributed by atoms with van der Waals surface area (Å²) in [5.74, 6) is -0.556. The van der Waals surface area contributed by atoms with Crippen LogP contribution in [0.2, 0.25) is 5.15 Å². The topological polar surface area (TPSA) is 82.3 Å². The number of carbonyl (C=O) groups is 1. The van der Waals surface area contributed by atoms with Crippen molar-refractivity contribution in [2.75, 3.05) is 0 Å². The number of thiophene rings is 1. The molecule has 0 saturated heterocycles. The molecule has 6 nitrogen and oxygen atoms in total. The Labute approximate surface area is 139 Å². The highest BCUT2D eigenvalue weighted by molar-refractivity contribution is 7.13. The summed E-state index contributed by atoms with van der Waals surface area (Å²) in [6.45, 7) is -0.0442. The summed E-state index contributed by atoms with van der Waals surface area (Å²) < 4.78 is 5.23. The standard InChI is InChI=1S/C15H9ClN2O4S/c16-13-6-11(10-3-1-2-4-12(10)17-13)15(19)22-7-9-5-14(18(20)21)23-8-9/h1-6,8H,7H2. The number of aromatic nitrogens is 1. The van der Waals surface area contributed by atoms with Gasteiger partial charge in [0.15, 0.2) is 0 Å². The van der Waals surface area contributed by atoms with E-state index < -0.39 is 10.9 Å². The monoisotopic (exact) mass is 348 g/mol. The number of fused-ring (bicyclic) bond motifs is 1. The van der Waals surface area contributed by atoms with E-state index in [-0.39, 0.29) is 16.8 Å².